The highest BCUT2D eigenvalue weighted by molar-refractivity contribution is 7.98. The maximum Gasteiger partial charge on any atom is 0.0343 e. The van der Waals surface area contributed by atoms with Crippen LogP contribution in [0.2, 0.25) is 0 Å². The zero-order valence-electron chi connectivity index (χ0n) is 10.9. The highest BCUT2D eigenvalue weighted by atomic mass is 32.2. The lowest BCUT2D eigenvalue weighted by atomic mass is 9.83. The Morgan fingerprint density at radius 1 is 1.18 bits per heavy atom. The lowest BCUT2D eigenvalue weighted by Gasteiger charge is -2.32. The van der Waals surface area contributed by atoms with Gasteiger partial charge >= 0.3 is 0 Å². The van der Waals surface area contributed by atoms with Crippen molar-refractivity contribution in [2.45, 2.75) is 50.0 Å². The van der Waals surface area contributed by atoms with Crippen LogP contribution in [0.25, 0.3) is 0 Å². The zero-order chi connectivity index (χ0) is 12.1. The second kappa shape index (κ2) is 6.34. The normalized spacial score (nSPS) is 24.6. The average molecular weight is 249 g/mol. The van der Waals surface area contributed by atoms with E-state index in [0.717, 1.165) is 5.92 Å². The maximum atomic E-state index is 3.72. The molecule has 1 aromatic rings. The van der Waals surface area contributed by atoms with Gasteiger partial charge in [-0.3, -0.25) is 0 Å². The maximum absolute atomic E-state index is 3.72. The van der Waals surface area contributed by atoms with Crippen molar-refractivity contribution < 1.29 is 0 Å². The summed E-state index contributed by atoms with van der Waals surface area (Å²) in [5, 5.41) is 3.72. The van der Waals surface area contributed by atoms with Crippen LogP contribution in [0.5, 0.6) is 0 Å². The molecule has 2 unspecified atom stereocenters. The van der Waals surface area contributed by atoms with Crippen LogP contribution in [0.3, 0.4) is 0 Å². The quantitative estimate of drug-likeness (QED) is 0.770. The van der Waals surface area contributed by atoms with Gasteiger partial charge in [0.25, 0.3) is 0 Å². The predicted octanol–water partition coefficient (Wildman–Crippen LogP) is 4.79. The van der Waals surface area contributed by atoms with Crippen molar-refractivity contribution in [3.05, 3.63) is 24.3 Å². The Balaban J connectivity index is 1.98. The Kier molecular flexibility index (Phi) is 4.78. The fourth-order valence-electron chi connectivity index (χ4n) is 2.79. The van der Waals surface area contributed by atoms with E-state index >= 15 is 0 Å². The van der Waals surface area contributed by atoms with E-state index in [-0.39, 0.29) is 0 Å². The molecule has 0 bridgehead atoms. The Bertz CT molecular complexity index is 333. The summed E-state index contributed by atoms with van der Waals surface area (Å²) >= 11 is 1.80. The summed E-state index contributed by atoms with van der Waals surface area (Å²) in [4.78, 5) is 1.34. The number of rotatable bonds is 4. The Morgan fingerprint density at radius 3 is 2.53 bits per heavy atom. The van der Waals surface area contributed by atoms with Crippen LogP contribution < -0.4 is 5.32 Å². The third-order valence-electron chi connectivity index (χ3n) is 3.88. The fraction of sp³-hybridized carbons (Fsp3) is 0.600. The van der Waals surface area contributed by atoms with Crippen LogP contribution in [-0.2, 0) is 0 Å². The molecular weight excluding hydrogens is 226 g/mol. The lowest BCUT2D eigenvalue weighted by molar-refractivity contribution is 0.317. The monoisotopic (exact) mass is 249 g/mol. The van der Waals surface area contributed by atoms with Gasteiger partial charge in [-0.05, 0) is 49.3 Å². The summed E-state index contributed by atoms with van der Waals surface area (Å²) in [5.74, 6) is 0.865. The highest BCUT2D eigenvalue weighted by Gasteiger charge is 2.23. The van der Waals surface area contributed by atoms with E-state index in [4.69, 9.17) is 0 Å². The molecule has 0 spiro atoms. The highest BCUT2D eigenvalue weighted by Crippen LogP contribution is 2.29. The fourth-order valence-corrected chi connectivity index (χ4v) is 3.20. The van der Waals surface area contributed by atoms with Gasteiger partial charge in [0.15, 0.2) is 0 Å². The molecule has 1 fully saturated rings. The van der Waals surface area contributed by atoms with E-state index in [0.29, 0.717) is 6.04 Å². The van der Waals surface area contributed by atoms with Gasteiger partial charge in [-0.2, -0.15) is 0 Å². The number of nitrogens with one attached hydrogen (secondary N) is 1. The Morgan fingerprint density at radius 2 is 1.88 bits per heavy atom. The molecule has 0 amide bonds. The first kappa shape index (κ1) is 12.8. The summed E-state index contributed by atoms with van der Waals surface area (Å²) in [6.07, 6.45) is 8.97. The Labute approximate surface area is 109 Å². The van der Waals surface area contributed by atoms with Crippen molar-refractivity contribution in [3.63, 3.8) is 0 Å². The molecule has 94 valence electrons. The summed E-state index contributed by atoms with van der Waals surface area (Å²) in [5.41, 5.74) is 1.29. The van der Waals surface area contributed by atoms with E-state index in [9.17, 15) is 0 Å². The van der Waals surface area contributed by atoms with Crippen LogP contribution in [0.15, 0.2) is 29.2 Å². The van der Waals surface area contributed by atoms with Gasteiger partial charge in [0.1, 0.15) is 0 Å². The predicted molar refractivity (Wildman–Crippen MR) is 77.9 cm³/mol. The van der Waals surface area contributed by atoms with E-state index in [1.165, 1.54) is 42.7 Å². The second-order valence-electron chi connectivity index (χ2n) is 4.93. The van der Waals surface area contributed by atoms with Crippen LogP contribution in [-0.4, -0.2) is 12.3 Å². The van der Waals surface area contributed by atoms with Crippen LogP contribution in [0, 0.1) is 5.92 Å². The molecule has 1 N–H and O–H groups in total. The molecule has 17 heavy (non-hydrogen) atoms. The van der Waals surface area contributed by atoms with Crippen molar-refractivity contribution in [3.8, 4) is 0 Å². The minimum absolute atomic E-state index is 0.689. The second-order valence-corrected chi connectivity index (χ2v) is 5.81. The van der Waals surface area contributed by atoms with E-state index in [2.05, 4.69) is 42.8 Å². The molecule has 0 saturated heterocycles. The molecule has 1 aliphatic carbocycles. The minimum Gasteiger partial charge on any atom is -0.382 e. The summed E-state index contributed by atoms with van der Waals surface area (Å²) in [6.45, 7) is 2.32. The summed E-state index contributed by atoms with van der Waals surface area (Å²) < 4.78 is 0. The number of thioether (sulfide) groups is 1. The van der Waals surface area contributed by atoms with Gasteiger partial charge in [-0.15, -0.1) is 11.8 Å². The van der Waals surface area contributed by atoms with Crippen LogP contribution >= 0.6 is 11.8 Å². The zero-order valence-corrected chi connectivity index (χ0v) is 11.7. The third kappa shape index (κ3) is 3.41. The molecule has 2 rings (SSSR count). The third-order valence-corrected chi connectivity index (χ3v) is 4.62. The number of benzene rings is 1. The van der Waals surface area contributed by atoms with Crippen LogP contribution in [0.1, 0.15) is 39.0 Å². The number of anilines is 1. The molecule has 1 aromatic carbocycles. The summed E-state index contributed by atoms with van der Waals surface area (Å²) in [6, 6.07) is 9.53. The van der Waals surface area contributed by atoms with Gasteiger partial charge in [-0.25, -0.2) is 0 Å². The van der Waals surface area contributed by atoms with E-state index in [1.807, 2.05) is 0 Å². The number of hydrogen-bond donors (Lipinski definition) is 1. The topological polar surface area (TPSA) is 12.0 Å². The van der Waals surface area contributed by atoms with E-state index < -0.39 is 0 Å². The smallest absolute Gasteiger partial charge is 0.0343 e. The van der Waals surface area contributed by atoms with Gasteiger partial charge in [0.2, 0.25) is 0 Å². The van der Waals surface area contributed by atoms with Crippen molar-refractivity contribution >= 4 is 17.4 Å². The molecule has 2 heteroatoms. The standard InChI is InChI=1S/C15H23NS/c1-3-12-6-4-5-7-15(12)16-13-8-10-14(17-2)11-9-13/h8-12,15-16H,3-7H2,1-2H3. The summed E-state index contributed by atoms with van der Waals surface area (Å²) in [7, 11) is 0. The first-order valence-electron chi connectivity index (χ1n) is 6.74. The van der Waals surface area contributed by atoms with Crippen molar-refractivity contribution in [2.75, 3.05) is 11.6 Å². The van der Waals surface area contributed by atoms with Crippen molar-refractivity contribution in [1.82, 2.24) is 0 Å². The SMILES string of the molecule is CCC1CCCCC1Nc1ccc(SC)cc1. The van der Waals surface area contributed by atoms with Gasteiger partial charge in [-0.1, -0.05) is 26.2 Å². The molecular formula is C15H23NS. The van der Waals surface area contributed by atoms with Gasteiger partial charge < -0.3 is 5.32 Å². The average Bonchev–Trinajstić information content (AvgIpc) is 2.40. The lowest BCUT2D eigenvalue weighted by Crippen LogP contribution is -2.31. The molecule has 1 nitrogen and oxygen atoms in total. The minimum atomic E-state index is 0.689. The van der Waals surface area contributed by atoms with Gasteiger partial charge in [0, 0.05) is 16.6 Å². The molecule has 0 aromatic heterocycles. The van der Waals surface area contributed by atoms with Crippen LogP contribution in [0.4, 0.5) is 5.69 Å². The van der Waals surface area contributed by atoms with Crippen molar-refractivity contribution in [2.24, 2.45) is 5.92 Å². The van der Waals surface area contributed by atoms with Gasteiger partial charge in [0.05, 0.1) is 0 Å². The first-order valence-corrected chi connectivity index (χ1v) is 7.96. The molecule has 0 heterocycles. The van der Waals surface area contributed by atoms with Crippen molar-refractivity contribution in [1.29, 1.82) is 0 Å². The number of hydrogen-bond acceptors (Lipinski definition) is 2. The molecule has 1 aliphatic rings. The largest absolute Gasteiger partial charge is 0.382 e. The Hall–Kier alpha value is -0.630. The molecule has 0 radical (unpaired) electrons. The molecule has 2 atom stereocenters. The first-order chi connectivity index (χ1) is 8.33. The van der Waals surface area contributed by atoms with E-state index in [1.54, 1.807) is 11.8 Å². The molecule has 0 aliphatic heterocycles. The molecule has 1 saturated carbocycles.